The zero-order chi connectivity index (χ0) is 11.8. The van der Waals surface area contributed by atoms with Crippen molar-refractivity contribution in [3.8, 4) is 5.75 Å². The molecule has 0 atom stereocenters. The normalized spacial score (nSPS) is 10.8. The molecule has 0 aliphatic rings. The van der Waals surface area contributed by atoms with Gasteiger partial charge in [0, 0.05) is 22.4 Å². The largest absolute Gasteiger partial charge is 0.505 e. The molecule has 0 radical (unpaired) electrons. The van der Waals surface area contributed by atoms with Gasteiger partial charge in [0.05, 0.1) is 5.52 Å². The molecule has 0 unspecified atom stereocenters. The number of benzene rings is 2. The Labute approximate surface area is 96.5 Å². The van der Waals surface area contributed by atoms with E-state index in [0.29, 0.717) is 16.3 Å². The lowest BCUT2D eigenvalue weighted by atomic mass is 10.0. The molecular weight excluding hydrogens is 216 g/mol. The molecule has 0 spiro atoms. The van der Waals surface area contributed by atoms with Crippen LogP contribution in [0.25, 0.3) is 21.7 Å². The predicted molar refractivity (Wildman–Crippen MR) is 66.4 cm³/mol. The van der Waals surface area contributed by atoms with E-state index < -0.39 is 0 Å². The number of fused-ring (bicyclic) bond motifs is 3. The van der Waals surface area contributed by atoms with Crippen LogP contribution < -0.4 is 0 Å². The van der Waals surface area contributed by atoms with Crippen molar-refractivity contribution < 1.29 is 5.11 Å². The van der Waals surface area contributed by atoms with E-state index in [2.05, 4.69) is 10.2 Å². The molecule has 4 heteroatoms. The summed E-state index contributed by atoms with van der Waals surface area (Å²) in [5, 5.41) is 14.9. The summed E-state index contributed by atoms with van der Waals surface area (Å²) >= 11 is 0. The van der Waals surface area contributed by atoms with E-state index in [4.69, 9.17) is 0 Å². The molecule has 0 saturated carbocycles. The molecule has 0 fully saturated rings. The van der Waals surface area contributed by atoms with Crippen LogP contribution >= 0.6 is 0 Å². The number of rotatable bonds is 1. The fraction of sp³-hybridized carbons (Fsp3) is 0. The number of aromatic nitrogens is 1. The second-order valence-corrected chi connectivity index (χ2v) is 3.73. The average molecular weight is 224 g/mol. The second kappa shape index (κ2) is 3.52. The van der Waals surface area contributed by atoms with Gasteiger partial charge in [-0.15, -0.1) is 4.91 Å². The van der Waals surface area contributed by atoms with Gasteiger partial charge in [-0.1, -0.05) is 24.3 Å². The van der Waals surface area contributed by atoms with Gasteiger partial charge in [-0.2, -0.15) is 0 Å². The molecule has 0 saturated heterocycles. The first-order chi connectivity index (χ1) is 8.33. The molecule has 3 aromatic rings. The van der Waals surface area contributed by atoms with Crippen molar-refractivity contribution in [1.29, 1.82) is 0 Å². The predicted octanol–water partition coefficient (Wildman–Crippen LogP) is 3.49. The van der Waals surface area contributed by atoms with Gasteiger partial charge in [0.2, 0.25) is 0 Å². The quantitative estimate of drug-likeness (QED) is 0.508. The summed E-state index contributed by atoms with van der Waals surface area (Å²) in [6.07, 6.45) is 1.65. The second-order valence-electron chi connectivity index (χ2n) is 3.73. The third kappa shape index (κ3) is 1.27. The molecule has 0 aliphatic heterocycles. The highest BCUT2D eigenvalue weighted by molar-refractivity contribution is 6.14. The summed E-state index contributed by atoms with van der Waals surface area (Å²) in [7, 11) is 0. The smallest absolute Gasteiger partial charge is 0.158 e. The molecule has 17 heavy (non-hydrogen) atoms. The van der Waals surface area contributed by atoms with Crippen LogP contribution in [-0.2, 0) is 0 Å². The molecular formula is C13H8N2O2. The topological polar surface area (TPSA) is 62.5 Å². The molecule has 0 amide bonds. The Bertz CT molecular complexity index is 738. The van der Waals surface area contributed by atoms with Crippen molar-refractivity contribution in [1.82, 2.24) is 4.98 Å². The summed E-state index contributed by atoms with van der Waals surface area (Å²) in [6.45, 7) is 0. The summed E-state index contributed by atoms with van der Waals surface area (Å²) in [4.78, 5) is 15.1. The van der Waals surface area contributed by atoms with E-state index in [-0.39, 0.29) is 11.4 Å². The van der Waals surface area contributed by atoms with Crippen molar-refractivity contribution in [2.24, 2.45) is 5.18 Å². The lowest BCUT2D eigenvalue weighted by Crippen LogP contribution is -1.83. The van der Waals surface area contributed by atoms with Crippen LogP contribution in [0, 0.1) is 4.91 Å². The van der Waals surface area contributed by atoms with E-state index in [0.717, 1.165) is 5.39 Å². The lowest BCUT2D eigenvalue weighted by Gasteiger charge is -2.07. The van der Waals surface area contributed by atoms with Crippen molar-refractivity contribution in [3.63, 3.8) is 0 Å². The molecule has 1 aromatic heterocycles. The van der Waals surface area contributed by atoms with Crippen LogP contribution in [-0.4, -0.2) is 10.1 Å². The Morgan fingerprint density at radius 3 is 2.47 bits per heavy atom. The van der Waals surface area contributed by atoms with E-state index in [9.17, 15) is 10.0 Å². The van der Waals surface area contributed by atoms with E-state index >= 15 is 0 Å². The Kier molecular flexibility index (Phi) is 2.01. The SMILES string of the molecule is O=Nc1c(O)c2cccnc2c2ccccc12. The first-order valence-electron chi connectivity index (χ1n) is 5.14. The first kappa shape index (κ1) is 9.72. The minimum atomic E-state index is -0.109. The highest BCUT2D eigenvalue weighted by Gasteiger charge is 2.14. The van der Waals surface area contributed by atoms with E-state index in [1.54, 1.807) is 30.5 Å². The highest BCUT2D eigenvalue weighted by atomic mass is 16.3. The maximum atomic E-state index is 10.9. The summed E-state index contributed by atoms with van der Waals surface area (Å²) in [5.41, 5.74) is 0.745. The van der Waals surface area contributed by atoms with Gasteiger partial charge in [0.15, 0.2) is 11.4 Å². The minimum Gasteiger partial charge on any atom is -0.505 e. The van der Waals surface area contributed by atoms with E-state index in [1.807, 2.05) is 12.1 Å². The molecule has 1 N–H and O–H groups in total. The van der Waals surface area contributed by atoms with Gasteiger partial charge >= 0.3 is 0 Å². The Balaban J connectivity index is 2.68. The molecule has 2 aromatic carbocycles. The maximum Gasteiger partial charge on any atom is 0.158 e. The number of phenols is 1. The van der Waals surface area contributed by atoms with Crippen LogP contribution in [0.2, 0.25) is 0 Å². The minimum absolute atomic E-state index is 0.0705. The van der Waals surface area contributed by atoms with Crippen LogP contribution in [0.5, 0.6) is 5.75 Å². The number of hydrogen-bond acceptors (Lipinski definition) is 4. The summed E-state index contributed by atoms with van der Waals surface area (Å²) in [6, 6.07) is 10.7. The number of phenolic OH excluding ortho intramolecular Hbond substituents is 1. The van der Waals surface area contributed by atoms with Gasteiger partial charge in [0.25, 0.3) is 0 Å². The summed E-state index contributed by atoms with van der Waals surface area (Å²) < 4.78 is 0. The fourth-order valence-corrected chi connectivity index (χ4v) is 2.05. The van der Waals surface area contributed by atoms with Gasteiger partial charge in [-0.3, -0.25) is 4.98 Å². The van der Waals surface area contributed by atoms with Gasteiger partial charge < -0.3 is 5.11 Å². The number of nitroso groups, excluding NO2 is 1. The monoisotopic (exact) mass is 224 g/mol. The third-order valence-electron chi connectivity index (χ3n) is 2.82. The van der Waals surface area contributed by atoms with E-state index in [1.165, 1.54) is 0 Å². The van der Waals surface area contributed by atoms with Gasteiger partial charge in [0.1, 0.15) is 0 Å². The maximum absolute atomic E-state index is 10.9. The van der Waals surface area contributed by atoms with Crippen molar-refractivity contribution in [3.05, 3.63) is 47.5 Å². The molecule has 4 nitrogen and oxygen atoms in total. The fourth-order valence-electron chi connectivity index (χ4n) is 2.05. The molecule has 0 aliphatic carbocycles. The Hall–Kier alpha value is -2.49. The van der Waals surface area contributed by atoms with Crippen molar-refractivity contribution in [2.45, 2.75) is 0 Å². The van der Waals surface area contributed by atoms with Crippen molar-refractivity contribution >= 4 is 27.4 Å². The van der Waals surface area contributed by atoms with Crippen molar-refractivity contribution in [2.75, 3.05) is 0 Å². The molecule has 82 valence electrons. The number of nitrogens with zero attached hydrogens (tertiary/aromatic N) is 2. The van der Waals surface area contributed by atoms with Crippen LogP contribution in [0.15, 0.2) is 47.8 Å². The number of hydrogen-bond donors (Lipinski definition) is 1. The Morgan fingerprint density at radius 2 is 1.71 bits per heavy atom. The number of aromatic hydroxyl groups is 1. The highest BCUT2D eigenvalue weighted by Crippen LogP contribution is 2.41. The molecule has 1 heterocycles. The zero-order valence-electron chi connectivity index (χ0n) is 8.79. The third-order valence-corrected chi connectivity index (χ3v) is 2.82. The lowest BCUT2D eigenvalue weighted by molar-refractivity contribution is 0.483. The zero-order valence-corrected chi connectivity index (χ0v) is 8.79. The van der Waals surface area contributed by atoms with Gasteiger partial charge in [-0.25, -0.2) is 0 Å². The molecule has 0 bridgehead atoms. The number of pyridine rings is 1. The van der Waals surface area contributed by atoms with Crippen LogP contribution in [0.3, 0.4) is 0 Å². The average Bonchev–Trinajstić information content (AvgIpc) is 2.40. The first-order valence-corrected chi connectivity index (χ1v) is 5.14. The van der Waals surface area contributed by atoms with Crippen LogP contribution in [0.4, 0.5) is 5.69 Å². The molecule has 3 rings (SSSR count). The van der Waals surface area contributed by atoms with Crippen LogP contribution in [0.1, 0.15) is 0 Å². The summed E-state index contributed by atoms with van der Waals surface area (Å²) in [5.74, 6) is -0.109. The Morgan fingerprint density at radius 1 is 1.00 bits per heavy atom. The standard InChI is InChI=1S/C13H8N2O2/c16-13-10-6-3-7-14-11(10)8-4-1-2-5-9(8)12(13)15-17/h1-7,16H. The van der Waals surface area contributed by atoms with Gasteiger partial charge in [-0.05, 0) is 17.3 Å².